The molecule has 1 atom stereocenters. The lowest BCUT2D eigenvalue weighted by Gasteiger charge is -2.26. The smallest absolute Gasteiger partial charge is 0.243 e. The summed E-state index contributed by atoms with van der Waals surface area (Å²) in [5, 5.41) is 14.9. The van der Waals surface area contributed by atoms with Gasteiger partial charge in [-0.05, 0) is 37.1 Å². The Morgan fingerprint density at radius 3 is 2.69 bits per heavy atom. The van der Waals surface area contributed by atoms with Crippen molar-refractivity contribution in [3.8, 4) is 0 Å². The van der Waals surface area contributed by atoms with E-state index < -0.39 is 10.0 Å². The molecule has 0 aliphatic carbocycles. The Bertz CT molecular complexity index is 1000. The lowest BCUT2D eigenvalue weighted by Crippen LogP contribution is -2.40. The van der Waals surface area contributed by atoms with Gasteiger partial charge in [0.05, 0.1) is 30.0 Å². The van der Waals surface area contributed by atoms with E-state index in [4.69, 9.17) is 9.47 Å². The zero-order chi connectivity index (χ0) is 22.4. The molecule has 2 aromatic rings. The van der Waals surface area contributed by atoms with Gasteiger partial charge in [-0.25, -0.2) is 8.42 Å². The highest BCUT2D eigenvalue weighted by molar-refractivity contribution is 8.01. The number of thioether (sulfide) groups is 1. The normalized spacial score (nSPS) is 19.7. The third kappa shape index (κ3) is 6.17. The Morgan fingerprint density at radius 1 is 1.19 bits per heavy atom. The van der Waals surface area contributed by atoms with E-state index in [0.717, 1.165) is 19.4 Å². The molecule has 1 aromatic heterocycles. The molecule has 0 spiro atoms. The molecule has 0 bridgehead atoms. The van der Waals surface area contributed by atoms with Crippen molar-refractivity contribution in [3.05, 3.63) is 24.3 Å². The maximum atomic E-state index is 12.7. The summed E-state index contributed by atoms with van der Waals surface area (Å²) in [5.41, 5.74) is 0.535. The molecule has 3 heterocycles. The summed E-state index contributed by atoms with van der Waals surface area (Å²) in [6.45, 7) is 2.99. The number of ether oxygens (including phenoxy) is 2. The number of sulfonamides is 1. The van der Waals surface area contributed by atoms with Crippen molar-refractivity contribution in [1.82, 2.24) is 14.5 Å². The SMILES string of the molecule is O=C(CSc1nnc(NCC2CCCO2)s1)Nc1ccc(S(=O)(=O)N2CCOCC2)cc1. The van der Waals surface area contributed by atoms with Crippen molar-refractivity contribution in [3.63, 3.8) is 0 Å². The molecule has 2 fully saturated rings. The highest BCUT2D eigenvalue weighted by Gasteiger charge is 2.26. The number of hydrogen-bond donors (Lipinski definition) is 2. The molecule has 2 aliphatic heterocycles. The van der Waals surface area contributed by atoms with Crippen LogP contribution in [0.4, 0.5) is 10.8 Å². The summed E-state index contributed by atoms with van der Waals surface area (Å²) in [5.74, 6) is -0.0309. The van der Waals surface area contributed by atoms with Crippen LogP contribution in [-0.4, -0.2) is 80.1 Å². The standard InChI is InChI=1S/C19H25N5O5S3/c25-17(13-30-19-23-22-18(31-19)20-12-15-2-1-9-29-15)21-14-3-5-16(6-4-14)32(26,27)24-7-10-28-11-8-24/h3-6,15H,1-2,7-13H2,(H,20,22)(H,21,25). The zero-order valence-corrected chi connectivity index (χ0v) is 19.8. The predicted molar refractivity (Wildman–Crippen MR) is 123 cm³/mol. The van der Waals surface area contributed by atoms with Crippen molar-refractivity contribution in [2.45, 2.75) is 28.2 Å². The second kappa shape index (κ2) is 10.9. The molecule has 1 aromatic carbocycles. The Kier molecular flexibility index (Phi) is 7.97. The first-order valence-corrected chi connectivity index (χ1v) is 13.5. The molecule has 1 amide bonds. The number of amides is 1. The number of benzene rings is 1. The molecular formula is C19H25N5O5S3. The fourth-order valence-corrected chi connectivity index (χ4v) is 6.28. The van der Waals surface area contributed by atoms with Gasteiger partial charge in [0, 0.05) is 31.9 Å². The lowest BCUT2D eigenvalue weighted by molar-refractivity contribution is -0.113. The number of nitrogens with one attached hydrogen (secondary N) is 2. The van der Waals surface area contributed by atoms with Gasteiger partial charge in [-0.3, -0.25) is 4.79 Å². The van der Waals surface area contributed by atoms with E-state index in [1.807, 2.05) is 0 Å². The van der Waals surface area contributed by atoms with Crippen molar-refractivity contribution in [2.24, 2.45) is 0 Å². The molecule has 0 radical (unpaired) electrons. The van der Waals surface area contributed by atoms with Crippen LogP contribution in [0.5, 0.6) is 0 Å². The number of anilines is 2. The number of rotatable bonds is 9. The molecule has 2 aliphatic rings. The molecule has 2 N–H and O–H groups in total. The minimum Gasteiger partial charge on any atom is -0.379 e. The van der Waals surface area contributed by atoms with Crippen molar-refractivity contribution >= 4 is 49.8 Å². The van der Waals surface area contributed by atoms with E-state index in [1.165, 1.54) is 39.5 Å². The minimum atomic E-state index is -3.55. The molecule has 1 unspecified atom stereocenters. The van der Waals surface area contributed by atoms with Crippen LogP contribution in [0.15, 0.2) is 33.5 Å². The van der Waals surface area contributed by atoms with Crippen LogP contribution < -0.4 is 10.6 Å². The minimum absolute atomic E-state index is 0.175. The number of carbonyl (C=O) groups is 1. The van der Waals surface area contributed by atoms with Crippen LogP contribution in [-0.2, 0) is 24.3 Å². The van der Waals surface area contributed by atoms with Gasteiger partial charge in [0.1, 0.15) is 0 Å². The zero-order valence-electron chi connectivity index (χ0n) is 17.4. The number of morpholine rings is 1. The van der Waals surface area contributed by atoms with Crippen LogP contribution in [0, 0.1) is 0 Å². The van der Waals surface area contributed by atoms with Crippen molar-refractivity contribution in [1.29, 1.82) is 0 Å². The second-order valence-electron chi connectivity index (χ2n) is 7.27. The van der Waals surface area contributed by atoms with Crippen LogP contribution in [0.25, 0.3) is 0 Å². The van der Waals surface area contributed by atoms with Crippen LogP contribution in [0.1, 0.15) is 12.8 Å². The Hall–Kier alpha value is -1.77. The number of aromatic nitrogens is 2. The summed E-state index contributed by atoms with van der Waals surface area (Å²) in [7, 11) is -3.55. The molecule has 13 heteroatoms. The van der Waals surface area contributed by atoms with Crippen LogP contribution in [0.2, 0.25) is 0 Å². The fourth-order valence-electron chi connectivity index (χ4n) is 3.32. The third-order valence-electron chi connectivity index (χ3n) is 4.98. The van der Waals surface area contributed by atoms with Gasteiger partial charge in [0.2, 0.25) is 21.1 Å². The van der Waals surface area contributed by atoms with E-state index >= 15 is 0 Å². The van der Waals surface area contributed by atoms with E-state index in [9.17, 15) is 13.2 Å². The van der Waals surface area contributed by atoms with Crippen LogP contribution in [0.3, 0.4) is 0 Å². The molecule has 0 saturated carbocycles. The molecule has 32 heavy (non-hydrogen) atoms. The van der Waals surface area contributed by atoms with Gasteiger partial charge in [-0.1, -0.05) is 23.1 Å². The molecular weight excluding hydrogens is 474 g/mol. The quantitative estimate of drug-likeness (QED) is 0.498. The Balaban J connectivity index is 1.23. The van der Waals surface area contributed by atoms with Gasteiger partial charge in [-0.15, -0.1) is 10.2 Å². The summed E-state index contributed by atoms with van der Waals surface area (Å²) in [4.78, 5) is 12.5. The Labute approximate surface area is 195 Å². The lowest BCUT2D eigenvalue weighted by atomic mass is 10.2. The van der Waals surface area contributed by atoms with E-state index in [-0.39, 0.29) is 22.7 Å². The average Bonchev–Trinajstić information content (AvgIpc) is 3.49. The van der Waals surface area contributed by atoms with Crippen molar-refractivity contribution in [2.75, 3.05) is 55.8 Å². The first-order chi connectivity index (χ1) is 15.5. The average molecular weight is 500 g/mol. The van der Waals surface area contributed by atoms with Gasteiger partial charge in [-0.2, -0.15) is 4.31 Å². The summed E-state index contributed by atoms with van der Waals surface area (Å²) >= 11 is 2.70. The summed E-state index contributed by atoms with van der Waals surface area (Å²) in [6.07, 6.45) is 2.36. The number of hydrogen-bond acceptors (Lipinski definition) is 10. The van der Waals surface area contributed by atoms with Crippen LogP contribution >= 0.6 is 23.1 Å². The molecule has 10 nitrogen and oxygen atoms in total. The first kappa shape index (κ1) is 23.4. The van der Waals surface area contributed by atoms with E-state index in [1.54, 1.807) is 12.1 Å². The van der Waals surface area contributed by atoms with Crippen molar-refractivity contribution < 1.29 is 22.7 Å². The predicted octanol–water partition coefficient (Wildman–Crippen LogP) is 1.88. The summed E-state index contributed by atoms with van der Waals surface area (Å²) < 4.78 is 38.2. The second-order valence-corrected chi connectivity index (χ2v) is 11.4. The third-order valence-corrected chi connectivity index (χ3v) is 8.91. The number of carbonyl (C=O) groups excluding carboxylic acids is 1. The van der Waals surface area contributed by atoms with E-state index in [2.05, 4.69) is 20.8 Å². The van der Waals surface area contributed by atoms with Gasteiger partial charge in [0.15, 0.2) is 4.34 Å². The fraction of sp³-hybridized carbons (Fsp3) is 0.526. The highest BCUT2D eigenvalue weighted by Crippen LogP contribution is 2.26. The molecule has 2 saturated heterocycles. The van der Waals surface area contributed by atoms with Gasteiger partial charge >= 0.3 is 0 Å². The Morgan fingerprint density at radius 2 is 1.97 bits per heavy atom. The summed E-state index contributed by atoms with van der Waals surface area (Å²) in [6, 6.07) is 6.19. The molecule has 174 valence electrons. The monoisotopic (exact) mass is 499 g/mol. The topological polar surface area (TPSA) is 123 Å². The molecule has 4 rings (SSSR count). The maximum Gasteiger partial charge on any atom is 0.243 e. The van der Waals surface area contributed by atoms with Gasteiger partial charge in [0.25, 0.3) is 0 Å². The first-order valence-electron chi connectivity index (χ1n) is 10.3. The number of nitrogens with zero attached hydrogens (tertiary/aromatic N) is 3. The largest absolute Gasteiger partial charge is 0.379 e. The van der Waals surface area contributed by atoms with Gasteiger partial charge < -0.3 is 20.1 Å². The maximum absolute atomic E-state index is 12.7. The highest BCUT2D eigenvalue weighted by atomic mass is 32.2. The van der Waals surface area contributed by atoms with E-state index in [0.29, 0.717) is 48.0 Å².